The molecule has 0 aliphatic carbocycles. The van der Waals surface area contributed by atoms with E-state index in [1.165, 1.54) is 25.9 Å². The number of aromatic nitrogens is 1. The van der Waals surface area contributed by atoms with Gasteiger partial charge in [-0.1, -0.05) is 6.92 Å². The SMILES string of the molecule is CC(=O)c1csc(CCN2CCCC(C)C2)n1. The van der Waals surface area contributed by atoms with Crippen LogP contribution in [0.5, 0.6) is 0 Å². The Morgan fingerprint density at radius 2 is 2.47 bits per heavy atom. The summed E-state index contributed by atoms with van der Waals surface area (Å²) < 4.78 is 0. The van der Waals surface area contributed by atoms with Crippen molar-refractivity contribution >= 4 is 17.1 Å². The van der Waals surface area contributed by atoms with Gasteiger partial charge in [0.2, 0.25) is 0 Å². The second-order valence-electron chi connectivity index (χ2n) is 4.98. The van der Waals surface area contributed by atoms with Crippen molar-refractivity contribution in [2.24, 2.45) is 5.92 Å². The largest absolute Gasteiger partial charge is 0.303 e. The quantitative estimate of drug-likeness (QED) is 0.772. The molecular formula is C13H20N2OS. The third-order valence-electron chi connectivity index (χ3n) is 3.30. The van der Waals surface area contributed by atoms with Crippen LogP contribution in [0.25, 0.3) is 0 Å². The molecular weight excluding hydrogens is 232 g/mol. The number of likely N-dealkylation sites (tertiary alicyclic amines) is 1. The van der Waals surface area contributed by atoms with Crippen molar-refractivity contribution in [3.8, 4) is 0 Å². The van der Waals surface area contributed by atoms with E-state index in [2.05, 4.69) is 16.8 Å². The number of piperidine rings is 1. The molecule has 1 aromatic rings. The fraction of sp³-hybridized carbons (Fsp3) is 0.692. The molecule has 1 aromatic heterocycles. The minimum Gasteiger partial charge on any atom is -0.303 e. The van der Waals surface area contributed by atoms with E-state index in [-0.39, 0.29) is 5.78 Å². The minimum atomic E-state index is 0.0686. The van der Waals surface area contributed by atoms with Crippen LogP contribution in [-0.4, -0.2) is 35.3 Å². The zero-order chi connectivity index (χ0) is 12.3. The van der Waals surface area contributed by atoms with E-state index in [0.29, 0.717) is 5.69 Å². The molecule has 3 nitrogen and oxygen atoms in total. The number of carbonyl (C=O) groups is 1. The van der Waals surface area contributed by atoms with Crippen LogP contribution in [0.1, 0.15) is 42.2 Å². The van der Waals surface area contributed by atoms with E-state index in [9.17, 15) is 4.79 Å². The van der Waals surface area contributed by atoms with Crippen LogP contribution in [0.3, 0.4) is 0 Å². The summed E-state index contributed by atoms with van der Waals surface area (Å²) in [6.45, 7) is 7.41. The third-order valence-corrected chi connectivity index (χ3v) is 4.20. The Bertz CT molecular complexity index is 389. The Kier molecular flexibility index (Phi) is 4.29. The fourth-order valence-corrected chi connectivity index (χ4v) is 3.16. The molecule has 94 valence electrons. The molecule has 1 saturated heterocycles. The maximum atomic E-state index is 11.1. The van der Waals surface area contributed by atoms with Crippen molar-refractivity contribution in [3.05, 3.63) is 16.1 Å². The lowest BCUT2D eigenvalue weighted by Crippen LogP contribution is -2.35. The Hall–Kier alpha value is -0.740. The first kappa shape index (κ1) is 12.7. The molecule has 2 rings (SSSR count). The minimum absolute atomic E-state index is 0.0686. The lowest BCUT2D eigenvalue weighted by Gasteiger charge is -2.30. The Morgan fingerprint density at radius 1 is 1.65 bits per heavy atom. The maximum Gasteiger partial charge on any atom is 0.178 e. The standard InChI is InChI=1S/C13H20N2OS/c1-10-4-3-6-15(8-10)7-5-13-14-12(9-17-13)11(2)16/h9-10H,3-8H2,1-2H3. The molecule has 0 aromatic carbocycles. The monoisotopic (exact) mass is 252 g/mol. The van der Waals surface area contributed by atoms with Crippen molar-refractivity contribution in [1.29, 1.82) is 0 Å². The van der Waals surface area contributed by atoms with Gasteiger partial charge in [-0.25, -0.2) is 4.98 Å². The summed E-state index contributed by atoms with van der Waals surface area (Å²) in [6.07, 6.45) is 3.66. The summed E-state index contributed by atoms with van der Waals surface area (Å²) in [5.74, 6) is 0.895. The first-order chi connectivity index (χ1) is 8.15. The van der Waals surface area contributed by atoms with Gasteiger partial charge in [0, 0.05) is 31.8 Å². The van der Waals surface area contributed by atoms with Gasteiger partial charge < -0.3 is 4.90 Å². The van der Waals surface area contributed by atoms with Crippen LogP contribution in [0.2, 0.25) is 0 Å². The van der Waals surface area contributed by atoms with Crippen LogP contribution in [0.15, 0.2) is 5.38 Å². The van der Waals surface area contributed by atoms with Crippen LogP contribution in [0.4, 0.5) is 0 Å². The van der Waals surface area contributed by atoms with Gasteiger partial charge in [0.1, 0.15) is 5.69 Å². The molecule has 0 N–H and O–H groups in total. The summed E-state index contributed by atoms with van der Waals surface area (Å²) in [5.41, 5.74) is 0.622. The highest BCUT2D eigenvalue weighted by Crippen LogP contribution is 2.17. The lowest BCUT2D eigenvalue weighted by molar-refractivity contribution is 0.101. The van der Waals surface area contributed by atoms with E-state index in [0.717, 1.165) is 23.9 Å². The molecule has 1 atom stereocenters. The fourth-order valence-electron chi connectivity index (χ4n) is 2.33. The van der Waals surface area contributed by atoms with E-state index in [1.807, 2.05) is 5.38 Å². The van der Waals surface area contributed by atoms with Crippen molar-refractivity contribution in [2.75, 3.05) is 19.6 Å². The summed E-state index contributed by atoms with van der Waals surface area (Å²) >= 11 is 1.61. The summed E-state index contributed by atoms with van der Waals surface area (Å²) in [4.78, 5) is 18.0. The molecule has 0 radical (unpaired) electrons. The number of rotatable bonds is 4. The molecule has 2 heterocycles. The van der Waals surface area contributed by atoms with E-state index in [1.54, 1.807) is 18.3 Å². The van der Waals surface area contributed by atoms with Gasteiger partial charge in [-0.05, 0) is 25.3 Å². The number of hydrogen-bond donors (Lipinski definition) is 0. The number of thiazole rings is 1. The molecule has 17 heavy (non-hydrogen) atoms. The Labute approximate surface area is 107 Å². The second kappa shape index (κ2) is 5.74. The Morgan fingerprint density at radius 3 is 3.12 bits per heavy atom. The Balaban J connectivity index is 1.82. The van der Waals surface area contributed by atoms with Gasteiger partial charge in [-0.3, -0.25) is 4.79 Å². The van der Waals surface area contributed by atoms with Crippen LogP contribution in [-0.2, 0) is 6.42 Å². The highest BCUT2D eigenvalue weighted by atomic mass is 32.1. The predicted molar refractivity (Wildman–Crippen MR) is 70.7 cm³/mol. The summed E-state index contributed by atoms with van der Waals surface area (Å²) in [7, 11) is 0. The second-order valence-corrected chi connectivity index (χ2v) is 5.92. The molecule has 0 saturated carbocycles. The van der Waals surface area contributed by atoms with E-state index < -0.39 is 0 Å². The molecule has 1 unspecified atom stereocenters. The van der Waals surface area contributed by atoms with Crippen molar-refractivity contribution in [2.45, 2.75) is 33.1 Å². The topological polar surface area (TPSA) is 33.2 Å². The van der Waals surface area contributed by atoms with E-state index >= 15 is 0 Å². The first-order valence-corrected chi connectivity index (χ1v) is 7.21. The van der Waals surface area contributed by atoms with Crippen molar-refractivity contribution in [3.63, 3.8) is 0 Å². The first-order valence-electron chi connectivity index (χ1n) is 6.33. The van der Waals surface area contributed by atoms with Crippen molar-refractivity contribution in [1.82, 2.24) is 9.88 Å². The van der Waals surface area contributed by atoms with Gasteiger partial charge >= 0.3 is 0 Å². The van der Waals surface area contributed by atoms with E-state index in [4.69, 9.17) is 0 Å². The maximum absolute atomic E-state index is 11.1. The van der Waals surface area contributed by atoms with Crippen LogP contribution in [0, 0.1) is 5.92 Å². The zero-order valence-corrected chi connectivity index (χ0v) is 11.4. The number of carbonyl (C=O) groups excluding carboxylic acids is 1. The van der Waals surface area contributed by atoms with Crippen molar-refractivity contribution < 1.29 is 4.79 Å². The molecule has 1 aliphatic heterocycles. The van der Waals surface area contributed by atoms with Gasteiger partial charge in [-0.2, -0.15) is 0 Å². The normalized spacial score (nSPS) is 21.6. The highest BCUT2D eigenvalue weighted by Gasteiger charge is 2.16. The highest BCUT2D eigenvalue weighted by molar-refractivity contribution is 7.09. The third kappa shape index (κ3) is 3.61. The van der Waals surface area contributed by atoms with Gasteiger partial charge in [0.05, 0.1) is 5.01 Å². The van der Waals surface area contributed by atoms with Gasteiger partial charge in [0.25, 0.3) is 0 Å². The zero-order valence-electron chi connectivity index (χ0n) is 10.6. The molecule has 4 heteroatoms. The van der Waals surface area contributed by atoms with Crippen LogP contribution >= 0.6 is 11.3 Å². The molecule has 1 fully saturated rings. The van der Waals surface area contributed by atoms with Crippen LogP contribution < -0.4 is 0 Å². The number of nitrogens with zero attached hydrogens (tertiary/aromatic N) is 2. The molecule has 1 aliphatic rings. The molecule has 0 bridgehead atoms. The average Bonchev–Trinajstić information content (AvgIpc) is 2.75. The number of Topliss-reactive ketones (excluding diaryl/α,β-unsaturated/α-hetero) is 1. The molecule has 0 amide bonds. The average molecular weight is 252 g/mol. The molecule has 0 spiro atoms. The predicted octanol–water partition coefficient (Wildman–Crippen LogP) is 2.62. The summed E-state index contributed by atoms with van der Waals surface area (Å²) in [5, 5.41) is 2.96. The van der Waals surface area contributed by atoms with Gasteiger partial charge in [-0.15, -0.1) is 11.3 Å². The number of ketones is 1. The number of hydrogen-bond acceptors (Lipinski definition) is 4. The lowest BCUT2D eigenvalue weighted by atomic mass is 10.0. The van der Waals surface area contributed by atoms with Gasteiger partial charge in [0.15, 0.2) is 5.78 Å². The smallest absolute Gasteiger partial charge is 0.178 e. The summed E-state index contributed by atoms with van der Waals surface area (Å²) in [6, 6.07) is 0.